The number of ether oxygens (including phenoxy) is 1. The molecule has 6 rings (SSSR count). The number of hydrogen-bond donors (Lipinski definition) is 2. The van der Waals surface area contributed by atoms with E-state index in [1.54, 1.807) is 30.5 Å². The van der Waals surface area contributed by atoms with Crippen molar-refractivity contribution in [1.29, 1.82) is 0 Å². The van der Waals surface area contributed by atoms with Gasteiger partial charge in [-0.3, -0.25) is 19.6 Å². The highest BCUT2D eigenvalue weighted by Gasteiger charge is 2.29. The van der Waals surface area contributed by atoms with Crippen molar-refractivity contribution in [1.82, 2.24) is 9.97 Å². The predicted molar refractivity (Wildman–Crippen MR) is 146 cm³/mol. The summed E-state index contributed by atoms with van der Waals surface area (Å²) >= 11 is 0. The number of anilines is 2. The van der Waals surface area contributed by atoms with E-state index in [4.69, 9.17) is 10.5 Å². The van der Waals surface area contributed by atoms with Gasteiger partial charge in [0.25, 0.3) is 11.8 Å². The molecule has 8 nitrogen and oxygen atoms in total. The zero-order chi connectivity index (χ0) is 27.1. The molecular formula is C30H26FN5O3. The summed E-state index contributed by atoms with van der Waals surface area (Å²) in [5.74, 6) is -1.75. The largest absolute Gasteiger partial charge is 0.378 e. The standard InChI is InChI=1S/C30H26FN5O3/c1-17-5-8-25(33-15-17)30(38)35-24-4-2-3-21(27(24)31)23-16-34-28(29(32)37)22-14-18-13-19(6-7-20(18)26(22)23)36-9-11-39-12-10-36/h2-8,13,15-16H,9-12,14H2,1H3,(H2,32,37)(H,35,38). The molecule has 3 heterocycles. The third-order valence-electron chi connectivity index (χ3n) is 7.20. The Bertz CT molecular complexity index is 1610. The summed E-state index contributed by atoms with van der Waals surface area (Å²) in [5, 5.41) is 2.63. The topological polar surface area (TPSA) is 110 Å². The SMILES string of the molecule is Cc1ccc(C(=O)Nc2cccc(-c3cnc(C(N)=O)c4c3-c3ccc(N5CCOCC5)cc3C4)c2F)nc1. The van der Waals surface area contributed by atoms with Crippen molar-refractivity contribution in [2.24, 2.45) is 5.73 Å². The summed E-state index contributed by atoms with van der Waals surface area (Å²) in [6, 6.07) is 14.3. The Hall–Kier alpha value is -4.63. The van der Waals surface area contributed by atoms with E-state index in [2.05, 4.69) is 26.3 Å². The van der Waals surface area contributed by atoms with Crippen molar-refractivity contribution < 1.29 is 18.7 Å². The molecule has 2 aromatic carbocycles. The van der Waals surface area contributed by atoms with Crippen LogP contribution in [0.15, 0.2) is 60.9 Å². The van der Waals surface area contributed by atoms with Crippen LogP contribution in [0, 0.1) is 12.7 Å². The van der Waals surface area contributed by atoms with Crippen LogP contribution in [0.1, 0.15) is 37.7 Å². The minimum Gasteiger partial charge on any atom is -0.378 e. The lowest BCUT2D eigenvalue weighted by atomic mass is 9.94. The fourth-order valence-electron chi connectivity index (χ4n) is 5.25. The zero-order valence-electron chi connectivity index (χ0n) is 21.3. The number of nitrogens with zero attached hydrogens (tertiary/aromatic N) is 3. The molecule has 0 atom stereocenters. The van der Waals surface area contributed by atoms with Gasteiger partial charge >= 0.3 is 0 Å². The van der Waals surface area contributed by atoms with Gasteiger partial charge in [0, 0.05) is 48.7 Å². The summed E-state index contributed by atoms with van der Waals surface area (Å²) in [6.07, 6.45) is 3.52. The maximum atomic E-state index is 15.9. The first kappa shape index (κ1) is 24.7. The minimum absolute atomic E-state index is 0.0217. The monoisotopic (exact) mass is 523 g/mol. The van der Waals surface area contributed by atoms with Crippen molar-refractivity contribution in [3.05, 3.63) is 94.8 Å². The maximum absolute atomic E-state index is 15.9. The molecule has 2 aliphatic rings. The molecule has 0 radical (unpaired) electrons. The van der Waals surface area contributed by atoms with E-state index in [9.17, 15) is 9.59 Å². The van der Waals surface area contributed by atoms with E-state index < -0.39 is 17.6 Å². The number of morpholine rings is 1. The first-order valence-electron chi connectivity index (χ1n) is 12.7. The number of benzene rings is 2. The summed E-state index contributed by atoms with van der Waals surface area (Å²) < 4.78 is 21.4. The number of halogens is 1. The van der Waals surface area contributed by atoms with E-state index in [0.717, 1.165) is 41.0 Å². The molecule has 9 heteroatoms. The molecule has 0 bridgehead atoms. The molecule has 1 saturated heterocycles. The Morgan fingerprint density at radius 2 is 1.82 bits per heavy atom. The Morgan fingerprint density at radius 3 is 2.56 bits per heavy atom. The predicted octanol–water partition coefficient (Wildman–Crippen LogP) is 4.35. The first-order chi connectivity index (χ1) is 18.9. The molecule has 0 spiro atoms. The van der Waals surface area contributed by atoms with E-state index in [1.807, 2.05) is 19.1 Å². The number of carbonyl (C=O) groups is 2. The van der Waals surface area contributed by atoms with Gasteiger partial charge < -0.3 is 20.7 Å². The summed E-state index contributed by atoms with van der Waals surface area (Å²) in [5.41, 5.74) is 12.1. The van der Waals surface area contributed by atoms with Crippen LogP contribution in [0.25, 0.3) is 22.3 Å². The molecule has 39 heavy (non-hydrogen) atoms. The lowest BCUT2D eigenvalue weighted by Crippen LogP contribution is -2.36. The molecule has 1 aliphatic carbocycles. The Balaban J connectivity index is 1.41. The molecule has 1 aliphatic heterocycles. The van der Waals surface area contributed by atoms with Gasteiger partial charge in [-0.25, -0.2) is 4.39 Å². The van der Waals surface area contributed by atoms with Gasteiger partial charge in [0.1, 0.15) is 11.4 Å². The number of nitrogens with two attached hydrogens (primary N) is 1. The number of fused-ring (bicyclic) bond motifs is 3. The Labute approximate surface area is 224 Å². The first-order valence-corrected chi connectivity index (χ1v) is 12.7. The summed E-state index contributed by atoms with van der Waals surface area (Å²) in [6.45, 7) is 4.81. The van der Waals surface area contributed by atoms with Crippen LogP contribution in [-0.4, -0.2) is 48.1 Å². The average Bonchev–Trinajstić information content (AvgIpc) is 3.33. The molecule has 4 aromatic rings. The highest BCUT2D eigenvalue weighted by molar-refractivity contribution is 6.04. The maximum Gasteiger partial charge on any atom is 0.274 e. The van der Waals surface area contributed by atoms with E-state index in [-0.39, 0.29) is 22.6 Å². The number of hydrogen-bond acceptors (Lipinski definition) is 6. The fourth-order valence-corrected chi connectivity index (χ4v) is 5.25. The van der Waals surface area contributed by atoms with Crippen molar-refractivity contribution in [3.63, 3.8) is 0 Å². The van der Waals surface area contributed by atoms with Crippen LogP contribution in [0.4, 0.5) is 15.8 Å². The molecule has 2 amide bonds. The lowest BCUT2D eigenvalue weighted by molar-refractivity contribution is 0.0992. The number of carbonyl (C=O) groups excluding carboxylic acids is 2. The highest BCUT2D eigenvalue weighted by atomic mass is 19.1. The lowest BCUT2D eigenvalue weighted by Gasteiger charge is -2.29. The highest BCUT2D eigenvalue weighted by Crippen LogP contribution is 2.46. The van der Waals surface area contributed by atoms with Gasteiger partial charge in [0.2, 0.25) is 0 Å². The molecule has 3 N–H and O–H groups in total. The van der Waals surface area contributed by atoms with E-state index >= 15 is 4.39 Å². The molecule has 2 aromatic heterocycles. The average molecular weight is 524 g/mol. The Morgan fingerprint density at radius 1 is 1.00 bits per heavy atom. The number of aromatic nitrogens is 2. The van der Waals surface area contributed by atoms with Gasteiger partial charge in [-0.05, 0) is 59.0 Å². The van der Waals surface area contributed by atoms with Crippen molar-refractivity contribution in [2.45, 2.75) is 13.3 Å². The summed E-state index contributed by atoms with van der Waals surface area (Å²) in [7, 11) is 0. The van der Waals surface area contributed by atoms with Crippen molar-refractivity contribution in [3.8, 4) is 22.3 Å². The van der Waals surface area contributed by atoms with Crippen LogP contribution in [0.5, 0.6) is 0 Å². The normalized spacial score (nSPS) is 14.1. The second-order valence-electron chi connectivity index (χ2n) is 9.70. The van der Waals surface area contributed by atoms with Crippen LogP contribution in [0.2, 0.25) is 0 Å². The molecule has 0 saturated carbocycles. The number of rotatable bonds is 5. The van der Waals surface area contributed by atoms with E-state index in [1.165, 1.54) is 12.3 Å². The van der Waals surface area contributed by atoms with Gasteiger partial charge in [0.15, 0.2) is 5.82 Å². The summed E-state index contributed by atoms with van der Waals surface area (Å²) in [4.78, 5) is 35.8. The smallest absolute Gasteiger partial charge is 0.274 e. The Kier molecular flexibility index (Phi) is 6.28. The molecule has 1 fully saturated rings. The van der Waals surface area contributed by atoms with Crippen LogP contribution < -0.4 is 16.0 Å². The second kappa shape index (κ2) is 9.92. The molecule has 0 unspecified atom stereocenters. The minimum atomic E-state index is -0.633. The number of aryl methyl sites for hydroxylation is 1. The van der Waals surface area contributed by atoms with Gasteiger partial charge in [-0.15, -0.1) is 0 Å². The van der Waals surface area contributed by atoms with Crippen LogP contribution in [0.3, 0.4) is 0 Å². The third-order valence-corrected chi connectivity index (χ3v) is 7.20. The number of primary amides is 1. The van der Waals surface area contributed by atoms with Gasteiger partial charge in [-0.2, -0.15) is 0 Å². The van der Waals surface area contributed by atoms with Crippen molar-refractivity contribution >= 4 is 23.2 Å². The molecular weight excluding hydrogens is 497 g/mol. The van der Waals surface area contributed by atoms with Crippen LogP contribution >= 0.6 is 0 Å². The van der Waals surface area contributed by atoms with Gasteiger partial charge in [0.05, 0.1) is 18.9 Å². The van der Waals surface area contributed by atoms with Gasteiger partial charge in [-0.1, -0.05) is 24.3 Å². The van der Waals surface area contributed by atoms with Crippen molar-refractivity contribution in [2.75, 3.05) is 36.5 Å². The second-order valence-corrected chi connectivity index (χ2v) is 9.70. The van der Waals surface area contributed by atoms with Crippen LogP contribution in [-0.2, 0) is 11.2 Å². The third kappa shape index (κ3) is 4.51. The number of pyridine rings is 2. The number of amides is 2. The quantitative estimate of drug-likeness (QED) is 0.354. The number of nitrogens with one attached hydrogen (secondary N) is 1. The van der Waals surface area contributed by atoms with E-state index in [0.29, 0.717) is 30.8 Å². The zero-order valence-corrected chi connectivity index (χ0v) is 21.3. The molecule has 196 valence electrons. The fraction of sp³-hybridized carbons (Fsp3) is 0.200.